The fraction of sp³-hybridized carbons (Fsp3) is 0.833. The van der Waals surface area contributed by atoms with Crippen molar-refractivity contribution in [2.45, 2.75) is 20.0 Å². The minimum absolute atomic E-state index is 0.323. The maximum absolute atomic E-state index is 10.3. The van der Waals surface area contributed by atoms with Crippen molar-refractivity contribution in [3.63, 3.8) is 0 Å². The van der Waals surface area contributed by atoms with E-state index >= 15 is 0 Å². The zero-order chi connectivity index (χ0) is 11.1. The van der Waals surface area contributed by atoms with E-state index in [-0.39, 0.29) is 0 Å². The third-order valence-electron chi connectivity index (χ3n) is 0.628. The van der Waals surface area contributed by atoms with Gasteiger partial charge >= 0.3 is 5.97 Å². The minimum Gasteiger partial charge on any atom is -0.464 e. The van der Waals surface area contributed by atoms with Crippen LogP contribution < -0.4 is 0 Å². The van der Waals surface area contributed by atoms with Gasteiger partial charge in [0.25, 0.3) is 10.1 Å². The quantitative estimate of drug-likeness (QED) is 0.471. The minimum atomic E-state index is -3.67. The van der Waals surface area contributed by atoms with Crippen molar-refractivity contribution < 1.29 is 27.6 Å². The number of aliphatic hydroxyl groups excluding tert-OH is 1. The van der Waals surface area contributed by atoms with Gasteiger partial charge in [-0.05, 0) is 13.8 Å². The number of esters is 1. The topological polar surface area (TPSA) is 101 Å². The summed E-state index contributed by atoms with van der Waals surface area (Å²) >= 11 is 0. The molecule has 0 fully saturated rings. The zero-order valence-corrected chi connectivity index (χ0v) is 8.54. The van der Waals surface area contributed by atoms with Crippen LogP contribution in [0.4, 0.5) is 0 Å². The summed E-state index contributed by atoms with van der Waals surface area (Å²) in [7, 11) is -3.67. The number of ether oxygens (including phenoxy) is 1. The van der Waals surface area contributed by atoms with Crippen molar-refractivity contribution in [1.82, 2.24) is 0 Å². The van der Waals surface area contributed by atoms with Crippen LogP contribution in [0.2, 0.25) is 0 Å². The van der Waals surface area contributed by atoms with Crippen molar-refractivity contribution >= 4 is 16.1 Å². The van der Waals surface area contributed by atoms with Gasteiger partial charge in [0.15, 0.2) is 0 Å². The standard InChI is InChI=1S/C5H10O3.CH4O3S/c1-3-8-5(7)4(2)6;1-5(2,3)4/h4,6H,3H2,1-2H3;1H3,(H,2,3,4). The molecule has 0 spiro atoms. The van der Waals surface area contributed by atoms with Gasteiger partial charge in [-0.15, -0.1) is 0 Å². The van der Waals surface area contributed by atoms with E-state index < -0.39 is 22.2 Å². The summed E-state index contributed by atoms with van der Waals surface area (Å²) < 4.78 is 30.3. The molecule has 0 radical (unpaired) electrons. The first-order valence-electron chi connectivity index (χ1n) is 3.45. The molecule has 0 rings (SSSR count). The molecule has 0 aromatic rings. The van der Waals surface area contributed by atoms with Crippen molar-refractivity contribution in [2.24, 2.45) is 0 Å². The molecule has 0 bridgehead atoms. The van der Waals surface area contributed by atoms with Crippen LogP contribution in [0.1, 0.15) is 13.8 Å². The molecule has 13 heavy (non-hydrogen) atoms. The largest absolute Gasteiger partial charge is 0.464 e. The van der Waals surface area contributed by atoms with Crippen LogP contribution in [0.5, 0.6) is 0 Å². The summed E-state index contributed by atoms with van der Waals surface area (Å²) in [5.74, 6) is -0.562. The lowest BCUT2D eigenvalue weighted by Crippen LogP contribution is -2.18. The number of rotatable bonds is 2. The number of aliphatic hydroxyl groups is 1. The van der Waals surface area contributed by atoms with Crippen molar-refractivity contribution in [2.75, 3.05) is 12.9 Å². The molecule has 2 N–H and O–H groups in total. The molecule has 0 heterocycles. The first-order chi connectivity index (χ1) is 5.68. The van der Waals surface area contributed by atoms with Crippen LogP contribution in [0, 0.1) is 0 Å². The van der Waals surface area contributed by atoms with Crippen LogP contribution >= 0.6 is 0 Å². The van der Waals surface area contributed by atoms with Crippen molar-refractivity contribution in [3.8, 4) is 0 Å². The van der Waals surface area contributed by atoms with Crippen LogP contribution in [0.25, 0.3) is 0 Å². The summed E-state index contributed by atoms with van der Waals surface area (Å²) in [6, 6.07) is 0. The van der Waals surface area contributed by atoms with Gasteiger partial charge in [0.05, 0.1) is 12.9 Å². The highest BCUT2D eigenvalue weighted by atomic mass is 32.2. The fourth-order valence-electron chi connectivity index (χ4n) is 0.263. The van der Waals surface area contributed by atoms with Crippen LogP contribution in [-0.2, 0) is 19.6 Å². The van der Waals surface area contributed by atoms with Gasteiger partial charge in [0.1, 0.15) is 6.10 Å². The molecule has 0 aliphatic carbocycles. The monoisotopic (exact) mass is 214 g/mol. The Kier molecular flexibility index (Phi) is 7.78. The molecule has 0 saturated heterocycles. The van der Waals surface area contributed by atoms with Crippen molar-refractivity contribution in [3.05, 3.63) is 0 Å². The number of carbonyl (C=O) groups is 1. The third kappa shape index (κ3) is 24.6. The van der Waals surface area contributed by atoms with E-state index in [4.69, 9.17) is 9.66 Å². The Morgan fingerprint density at radius 1 is 1.54 bits per heavy atom. The Morgan fingerprint density at radius 2 is 1.85 bits per heavy atom. The summed E-state index contributed by atoms with van der Waals surface area (Å²) in [6.45, 7) is 3.39. The fourth-order valence-corrected chi connectivity index (χ4v) is 0.263. The molecule has 7 heteroatoms. The molecule has 0 amide bonds. The lowest BCUT2D eigenvalue weighted by Gasteiger charge is -2.01. The van der Waals surface area contributed by atoms with Gasteiger partial charge in [-0.2, -0.15) is 8.42 Å². The van der Waals surface area contributed by atoms with Gasteiger partial charge in [-0.1, -0.05) is 0 Å². The van der Waals surface area contributed by atoms with E-state index in [1.165, 1.54) is 6.92 Å². The highest BCUT2D eigenvalue weighted by Gasteiger charge is 2.07. The molecule has 0 saturated carbocycles. The molecule has 1 atom stereocenters. The second-order valence-corrected chi connectivity index (χ2v) is 3.63. The highest BCUT2D eigenvalue weighted by Crippen LogP contribution is 1.84. The normalized spacial score (nSPS) is 12.4. The summed E-state index contributed by atoms with van der Waals surface area (Å²) in [4.78, 5) is 10.3. The molecule has 6 nitrogen and oxygen atoms in total. The summed E-state index contributed by atoms with van der Waals surface area (Å²) in [5.41, 5.74) is 0. The predicted octanol–water partition coefficient (Wildman–Crippen LogP) is -0.566. The SMILES string of the molecule is CCOC(=O)C(C)O.CS(=O)(=O)O. The Morgan fingerprint density at radius 3 is 1.92 bits per heavy atom. The smallest absolute Gasteiger partial charge is 0.334 e. The maximum atomic E-state index is 10.3. The van der Waals surface area contributed by atoms with E-state index in [2.05, 4.69) is 4.74 Å². The first-order valence-corrected chi connectivity index (χ1v) is 5.30. The molecule has 0 aromatic heterocycles. The second-order valence-electron chi connectivity index (χ2n) is 2.16. The molecular formula is C6H14O6S. The first kappa shape index (κ1) is 14.8. The van der Waals surface area contributed by atoms with Crippen LogP contribution in [-0.4, -0.2) is 43.0 Å². The Balaban J connectivity index is 0. The summed E-state index contributed by atoms with van der Waals surface area (Å²) in [5, 5.41) is 8.48. The number of hydrogen-bond acceptors (Lipinski definition) is 5. The molecule has 0 aromatic carbocycles. The molecule has 1 unspecified atom stereocenters. The van der Waals surface area contributed by atoms with E-state index in [1.807, 2.05) is 0 Å². The number of hydrogen-bond donors (Lipinski definition) is 2. The van der Waals surface area contributed by atoms with E-state index in [1.54, 1.807) is 6.92 Å². The second kappa shape index (κ2) is 6.81. The number of carbonyl (C=O) groups excluding carboxylic acids is 1. The van der Waals surface area contributed by atoms with Gasteiger partial charge in [-0.3, -0.25) is 4.55 Å². The molecule has 0 aliphatic rings. The molecular weight excluding hydrogens is 200 g/mol. The van der Waals surface area contributed by atoms with Crippen molar-refractivity contribution in [1.29, 1.82) is 0 Å². The van der Waals surface area contributed by atoms with Crippen LogP contribution in [0.3, 0.4) is 0 Å². The van der Waals surface area contributed by atoms with Gasteiger partial charge in [-0.25, -0.2) is 4.79 Å². The average molecular weight is 214 g/mol. The Labute approximate surface area is 77.3 Å². The lowest BCUT2D eigenvalue weighted by molar-refractivity contribution is -0.151. The van der Waals surface area contributed by atoms with E-state index in [0.717, 1.165) is 0 Å². The van der Waals surface area contributed by atoms with Gasteiger partial charge < -0.3 is 9.84 Å². The average Bonchev–Trinajstić information content (AvgIpc) is 1.84. The van der Waals surface area contributed by atoms with Gasteiger partial charge in [0.2, 0.25) is 0 Å². The van der Waals surface area contributed by atoms with E-state index in [9.17, 15) is 13.2 Å². The van der Waals surface area contributed by atoms with Crippen LogP contribution in [0.15, 0.2) is 0 Å². The summed E-state index contributed by atoms with van der Waals surface area (Å²) in [6.07, 6.45) is -0.276. The van der Waals surface area contributed by atoms with E-state index in [0.29, 0.717) is 12.9 Å². The highest BCUT2D eigenvalue weighted by molar-refractivity contribution is 7.85. The Hall–Kier alpha value is -0.660. The molecule has 0 aliphatic heterocycles. The zero-order valence-electron chi connectivity index (χ0n) is 7.72. The van der Waals surface area contributed by atoms with Gasteiger partial charge in [0, 0.05) is 0 Å². The Bertz CT molecular complexity index is 222. The molecule has 80 valence electrons. The lowest BCUT2D eigenvalue weighted by atomic mass is 10.4. The third-order valence-corrected chi connectivity index (χ3v) is 0.628. The maximum Gasteiger partial charge on any atom is 0.334 e. The predicted molar refractivity (Wildman–Crippen MR) is 45.8 cm³/mol.